The summed E-state index contributed by atoms with van der Waals surface area (Å²) in [7, 11) is -2.01. The van der Waals surface area contributed by atoms with Crippen LogP contribution in [0.15, 0.2) is 41.3 Å². The van der Waals surface area contributed by atoms with Gasteiger partial charge >= 0.3 is 0 Å². The molecule has 0 aliphatic carbocycles. The van der Waals surface area contributed by atoms with Crippen LogP contribution in [0.2, 0.25) is 0 Å². The molecule has 0 fully saturated rings. The highest BCUT2D eigenvalue weighted by Crippen LogP contribution is 2.22. The molecule has 2 aromatic rings. The van der Waals surface area contributed by atoms with Crippen LogP contribution < -0.4 is 4.90 Å². The molecule has 0 radical (unpaired) electrons. The third-order valence-corrected chi connectivity index (χ3v) is 5.49. The lowest BCUT2D eigenvalue weighted by molar-refractivity contribution is 0.107. The lowest BCUT2D eigenvalue weighted by atomic mass is 10.1. The second-order valence-electron chi connectivity index (χ2n) is 6.35. The van der Waals surface area contributed by atoms with Crippen molar-refractivity contribution in [1.82, 2.24) is 0 Å². The number of nitriles is 1. The summed E-state index contributed by atoms with van der Waals surface area (Å²) in [6.45, 7) is 4.47. The average molecular weight is 406 g/mol. The van der Waals surface area contributed by atoms with Crippen LogP contribution in [0.1, 0.15) is 16.7 Å². The Morgan fingerprint density at radius 1 is 1.11 bits per heavy atom. The molecule has 0 spiro atoms. The van der Waals surface area contributed by atoms with E-state index in [1.165, 1.54) is 24.3 Å². The van der Waals surface area contributed by atoms with E-state index < -0.39 is 15.9 Å². The lowest BCUT2D eigenvalue weighted by Gasteiger charge is -2.21. The summed E-state index contributed by atoms with van der Waals surface area (Å²) in [5, 5.41) is 8.86. The van der Waals surface area contributed by atoms with Crippen molar-refractivity contribution in [3.05, 3.63) is 58.9 Å². The van der Waals surface area contributed by atoms with Crippen molar-refractivity contribution in [2.45, 2.75) is 18.7 Å². The van der Waals surface area contributed by atoms with Crippen LogP contribution in [0.5, 0.6) is 0 Å². The van der Waals surface area contributed by atoms with Crippen LogP contribution in [0, 0.1) is 31.0 Å². The predicted molar refractivity (Wildman–Crippen MR) is 104 cm³/mol. The van der Waals surface area contributed by atoms with Gasteiger partial charge in [0.1, 0.15) is 11.9 Å². The van der Waals surface area contributed by atoms with Crippen molar-refractivity contribution in [3.8, 4) is 6.07 Å². The Hall–Kier alpha value is -2.47. The van der Waals surface area contributed by atoms with Crippen LogP contribution in [0.4, 0.5) is 10.1 Å². The maximum atomic E-state index is 13.8. The predicted octanol–water partition coefficient (Wildman–Crippen LogP) is 3.17. The number of hydrogen-bond acceptors (Lipinski definition) is 6. The average Bonchev–Trinajstić information content (AvgIpc) is 2.66. The molecule has 0 bridgehead atoms. The minimum atomic E-state index is -3.80. The normalized spacial score (nSPS) is 11.2. The molecule has 0 aromatic heterocycles. The Morgan fingerprint density at radius 3 is 2.43 bits per heavy atom. The topological polar surface area (TPSA) is 79.6 Å². The summed E-state index contributed by atoms with van der Waals surface area (Å²) in [6.07, 6.45) is 0. The fourth-order valence-corrected chi connectivity index (χ4v) is 3.46. The van der Waals surface area contributed by atoms with Gasteiger partial charge < -0.3 is 9.64 Å². The van der Waals surface area contributed by atoms with Gasteiger partial charge in [-0.2, -0.15) is 13.7 Å². The minimum absolute atomic E-state index is 0.0119. The molecule has 0 amide bonds. The van der Waals surface area contributed by atoms with E-state index >= 15 is 0 Å². The Kier molecular flexibility index (Phi) is 7.52. The Morgan fingerprint density at radius 2 is 1.79 bits per heavy atom. The molecule has 0 unspecified atom stereocenters. The molecule has 0 saturated carbocycles. The number of anilines is 1. The molecule has 0 saturated heterocycles. The molecular formula is C20H23FN2O4S. The first-order valence-electron chi connectivity index (χ1n) is 8.70. The Labute approximate surface area is 165 Å². The van der Waals surface area contributed by atoms with Crippen molar-refractivity contribution in [2.24, 2.45) is 0 Å². The minimum Gasteiger partial charge on any atom is -0.377 e. The molecular weight excluding hydrogens is 383 g/mol. The zero-order valence-electron chi connectivity index (χ0n) is 16.1. The SMILES string of the molecule is Cc1ccc(S(=O)(=O)OCCOCCN(C)c2cc(F)c(C#N)cc2C)cc1. The standard InChI is InChI=1S/C20H23FN2O4S/c1-15-4-6-18(7-5-15)28(24,25)27-11-10-26-9-8-23(3)20-13-19(21)17(14-22)12-16(20)2/h4-7,12-13H,8-11H2,1-3H3. The molecule has 0 aliphatic rings. The maximum Gasteiger partial charge on any atom is 0.297 e. The van der Waals surface area contributed by atoms with Crippen molar-refractivity contribution in [3.63, 3.8) is 0 Å². The van der Waals surface area contributed by atoms with Gasteiger partial charge in [-0.25, -0.2) is 4.39 Å². The van der Waals surface area contributed by atoms with E-state index in [0.29, 0.717) is 18.8 Å². The number of likely N-dealkylation sites (N-methyl/N-ethyl adjacent to an activating group) is 1. The van der Waals surface area contributed by atoms with Crippen LogP contribution >= 0.6 is 0 Å². The van der Waals surface area contributed by atoms with Gasteiger partial charge in [0.2, 0.25) is 0 Å². The number of rotatable bonds is 9. The first kappa shape index (κ1) is 21.8. The zero-order chi connectivity index (χ0) is 20.7. The third kappa shape index (κ3) is 5.76. The first-order chi connectivity index (χ1) is 13.2. The highest BCUT2D eigenvalue weighted by atomic mass is 32.2. The van der Waals surface area contributed by atoms with E-state index in [2.05, 4.69) is 0 Å². The molecule has 0 aliphatic heterocycles. The van der Waals surface area contributed by atoms with Crippen molar-refractivity contribution in [2.75, 3.05) is 38.3 Å². The summed E-state index contributed by atoms with van der Waals surface area (Å²) in [4.78, 5) is 1.92. The van der Waals surface area contributed by atoms with Gasteiger partial charge in [0.25, 0.3) is 10.1 Å². The highest BCUT2D eigenvalue weighted by Gasteiger charge is 2.14. The molecule has 28 heavy (non-hydrogen) atoms. The molecule has 0 heterocycles. The second kappa shape index (κ2) is 9.64. The monoisotopic (exact) mass is 406 g/mol. The summed E-state index contributed by atoms with van der Waals surface area (Å²) >= 11 is 0. The zero-order valence-corrected chi connectivity index (χ0v) is 16.9. The van der Waals surface area contributed by atoms with Gasteiger partial charge in [-0.15, -0.1) is 0 Å². The fourth-order valence-electron chi connectivity index (χ4n) is 2.57. The summed E-state index contributed by atoms with van der Waals surface area (Å²) in [5.74, 6) is -0.564. The third-order valence-electron chi connectivity index (χ3n) is 4.16. The number of aryl methyl sites for hydroxylation is 2. The molecule has 0 N–H and O–H groups in total. The van der Waals surface area contributed by atoms with Crippen molar-refractivity contribution < 1.29 is 21.7 Å². The van der Waals surface area contributed by atoms with Crippen LogP contribution in [-0.2, 0) is 19.0 Å². The van der Waals surface area contributed by atoms with E-state index in [4.69, 9.17) is 14.2 Å². The van der Waals surface area contributed by atoms with Crippen molar-refractivity contribution in [1.29, 1.82) is 5.26 Å². The van der Waals surface area contributed by atoms with Gasteiger partial charge in [0, 0.05) is 19.3 Å². The maximum absolute atomic E-state index is 13.8. The van der Waals surface area contributed by atoms with Crippen molar-refractivity contribution >= 4 is 15.8 Å². The summed E-state index contributed by atoms with van der Waals surface area (Å²) in [5.41, 5.74) is 2.42. The molecule has 2 rings (SSSR count). The molecule has 0 atom stereocenters. The Bertz CT molecular complexity index is 953. The van der Waals surface area contributed by atoms with Crippen LogP contribution in [-0.4, -0.2) is 41.8 Å². The lowest BCUT2D eigenvalue weighted by Crippen LogP contribution is -2.24. The fraction of sp³-hybridized carbons (Fsp3) is 0.350. The van der Waals surface area contributed by atoms with Gasteiger partial charge in [-0.1, -0.05) is 17.7 Å². The van der Waals surface area contributed by atoms with Gasteiger partial charge in [0.15, 0.2) is 0 Å². The van der Waals surface area contributed by atoms with Gasteiger partial charge in [-0.3, -0.25) is 4.18 Å². The van der Waals surface area contributed by atoms with E-state index in [1.807, 2.05) is 17.9 Å². The molecule has 150 valence electrons. The van der Waals surface area contributed by atoms with E-state index in [0.717, 1.165) is 11.1 Å². The molecule has 6 nitrogen and oxygen atoms in total. The number of halogens is 1. The van der Waals surface area contributed by atoms with Gasteiger partial charge in [0.05, 0.1) is 30.3 Å². The number of nitrogens with zero attached hydrogens (tertiary/aromatic N) is 2. The largest absolute Gasteiger partial charge is 0.377 e. The number of hydrogen-bond donors (Lipinski definition) is 0. The molecule has 2 aromatic carbocycles. The first-order valence-corrected chi connectivity index (χ1v) is 10.1. The quantitative estimate of drug-likeness (QED) is 0.470. The van der Waals surface area contributed by atoms with Crippen LogP contribution in [0.3, 0.4) is 0 Å². The molecule has 8 heteroatoms. The smallest absolute Gasteiger partial charge is 0.297 e. The Balaban J connectivity index is 1.77. The van der Waals surface area contributed by atoms with E-state index in [9.17, 15) is 12.8 Å². The van der Waals surface area contributed by atoms with Gasteiger partial charge in [-0.05, 0) is 43.7 Å². The summed E-state index contributed by atoms with van der Waals surface area (Å²) in [6, 6.07) is 11.1. The van der Waals surface area contributed by atoms with Crippen LogP contribution in [0.25, 0.3) is 0 Å². The van der Waals surface area contributed by atoms with E-state index in [-0.39, 0.29) is 23.7 Å². The highest BCUT2D eigenvalue weighted by molar-refractivity contribution is 7.86. The van der Waals surface area contributed by atoms with E-state index in [1.54, 1.807) is 26.1 Å². The number of ether oxygens (including phenoxy) is 1. The second-order valence-corrected chi connectivity index (χ2v) is 7.97. The number of benzene rings is 2. The summed E-state index contributed by atoms with van der Waals surface area (Å²) < 4.78 is 48.3.